The summed E-state index contributed by atoms with van der Waals surface area (Å²) in [6.45, 7) is 3.90. The fraction of sp³-hybridized carbons (Fsp3) is 0.529. The molecule has 7 heteroatoms. The van der Waals surface area contributed by atoms with Crippen LogP contribution in [0.1, 0.15) is 25.3 Å². The Kier molecular flexibility index (Phi) is 7.18. The summed E-state index contributed by atoms with van der Waals surface area (Å²) < 4.78 is 4.98. The molecule has 2 N–H and O–H groups in total. The predicted octanol–water partition coefficient (Wildman–Crippen LogP) is 2.80. The van der Waals surface area contributed by atoms with Crippen LogP contribution in [0.15, 0.2) is 24.3 Å². The molecule has 0 atom stereocenters. The Labute approximate surface area is 147 Å². The van der Waals surface area contributed by atoms with Crippen molar-refractivity contribution in [3.8, 4) is 0 Å². The quantitative estimate of drug-likeness (QED) is 0.855. The molecule has 1 aromatic carbocycles. The van der Waals surface area contributed by atoms with E-state index in [-0.39, 0.29) is 18.2 Å². The molecular weight excluding hydrogens is 330 g/mol. The van der Waals surface area contributed by atoms with Gasteiger partial charge in [-0.1, -0.05) is 29.8 Å². The molecule has 3 amide bonds. The maximum absolute atomic E-state index is 11.9. The zero-order valence-corrected chi connectivity index (χ0v) is 14.6. The number of urea groups is 1. The first-order chi connectivity index (χ1) is 11.6. The molecule has 0 aliphatic carbocycles. The summed E-state index contributed by atoms with van der Waals surface area (Å²) in [6.07, 6.45) is 1.88. The first-order valence-electron chi connectivity index (χ1n) is 8.29. The predicted molar refractivity (Wildman–Crippen MR) is 93.3 cm³/mol. The molecule has 0 radical (unpaired) electrons. The van der Waals surface area contributed by atoms with E-state index in [0.29, 0.717) is 37.7 Å². The highest BCUT2D eigenvalue weighted by atomic mass is 35.5. The summed E-state index contributed by atoms with van der Waals surface area (Å²) in [4.78, 5) is 25.2. The van der Waals surface area contributed by atoms with Crippen LogP contribution in [-0.4, -0.2) is 49.3 Å². The lowest BCUT2D eigenvalue weighted by Gasteiger charge is -2.31. The minimum absolute atomic E-state index is 0.0796. The number of halogens is 1. The van der Waals surface area contributed by atoms with Crippen LogP contribution < -0.4 is 10.6 Å². The van der Waals surface area contributed by atoms with Crippen molar-refractivity contribution in [3.63, 3.8) is 0 Å². The van der Waals surface area contributed by atoms with Crippen LogP contribution in [0.3, 0.4) is 0 Å². The van der Waals surface area contributed by atoms with Crippen molar-refractivity contribution >= 4 is 23.7 Å². The van der Waals surface area contributed by atoms with Gasteiger partial charge in [-0.3, -0.25) is 0 Å². The molecule has 1 fully saturated rings. The Morgan fingerprint density at radius 2 is 2.00 bits per heavy atom. The van der Waals surface area contributed by atoms with Gasteiger partial charge in [0.1, 0.15) is 0 Å². The molecule has 0 unspecified atom stereocenters. The number of ether oxygens (including phenoxy) is 1. The van der Waals surface area contributed by atoms with E-state index >= 15 is 0 Å². The van der Waals surface area contributed by atoms with Crippen LogP contribution in [0.4, 0.5) is 9.59 Å². The van der Waals surface area contributed by atoms with Gasteiger partial charge in [-0.25, -0.2) is 9.59 Å². The minimum atomic E-state index is -0.278. The summed E-state index contributed by atoms with van der Waals surface area (Å²) in [6, 6.07) is 7.50. The van der Waals surface area contributed by atoms with E-state index in [2.05, 4.69) is 10.6 Å². The molecule has 0 bridgehead atoms. The lowest BCUT2D eigenvalue weighted by atomic mass is 10.1. The van der Waals surface area contributed by atoms with Crippen molar-refractivity contribution < 1.29 is 14.3 Å². The standard InChI is InChI=1S/C17H24ClN3O3/c1-2-24-17(23)21-11-8-14(9-12-21)20-16(22)19-10-7-13-5-3-4-6-15(13)18/h3-6,14H,2,7-12H2,1H3,(H2,19,20,22). The largest absolute Gasteiger partial charge is 0.450 e. The number of carbonyl (C=O) groups excluding carboxylic acids is 2. The molecule has 0 aromatic heterocycles. The molecule has 132 valence electrons. The smallest absolute Gasteiger partial charge is 0.409 e. The zero-order valence-electron chi connectivity index (χ0n) is 13.9. The highest BCUT2D eigenvalue weighted by molar-refractivity contribution is 6.31. The molecule has 0 spiro atoms. The molecule has 1 aliphatic heterocycles. The van der Waals surface area contributed by atoms with Crippen molar-refractivity contribution in [1.29, 1.82) is 0 Å². The first kappa shape index (κ1) is 18.4. The second-order valence-corrected chi connectivity index (χ2v) is 6.11. The molecule has 0 saturated carbocycles. The Balaban J connectivity index is 1.65. The number of hydrogen-bond acceptors (Lipinski definition) is 3. The van der Waals surface area contributed by atoms with Gasteiger partial charge in [0.15, 0.2) is 0 Å². The summed E-state index contributed by atoms with van der Waals surface area (Å²) in [5.74, 6) is 0. The van der Waals surface area contributed by atoms with Gasteiger partial charge >= 0.3 is 12.1 Å². The van der Waals surface area contributed by atoms with E-state index in [1.54, 1.807) is 11.8 Å². The molecule has 24 heavy (non-hydrogen) atoms. The summed E-state index contributed by atoms with van der Waals surface area (Å²) in [5, 5.41) is 6.51. The Bertz CT molecular complexity index is 560. The third kappa shape index (κ3) is 5.60. The van der Waals surface area contributed by atoms with Gasteiger partial charge in [0.05, 0.1) is 6.61 Å². The van der Waals surface area contributed by atoms with E-state index < -0.39 is 0 Å². The van der Waals surface area contributed by atoms with Gasteiger partial charge in [-0.2, -0.15) is 0 Å². The topological polar surface area (TPSA) is 70.7 Å². The number of likely N-dealkylation sites (tertiary alicyclic amines) is 1. The van der Waals surface area contributed by atoms with Crippen LogP contribution >= 0.6 is 11.6 Å². The van der Waals surface area contributed by atoms with Crippen molar-refractivity contribution in [2.45, 2.75) is 32.2 Å². The second-order valence-electron chi connectivity index (χ2n) is 5.70. The third-order valence-electron chi connectivity index (χ3n) is 3.99. The molecule has 1 heterocycles. The Morgan fingerprint density at radius 1 is 1.29 bits per heavy atom. The Morgan fingerprint density at radius 3 is 2.67 bits per heavy atom. The van der Waals surface area contributed by atoms with Crippen molar-refractivity contribution in [2.24, 2.45) is 0 Å². The molecule has 1 aromatic rings. The van der Waals surface area contributed by atoms with Crippen molar-refractivity contribution in [3.05, 3.63) is 34.9 Å². The highest BCUT2D eigenvalue weighted by Crippen LogP contribution is 2.15. The number of benzene rings is 1. The maximum Gasteiger partial charge on any atom is 0.409 e. The van der Waals surface area contributed by atoms with Gasteiger partial charge in [0, 0.05) is 30.7 Å². The summed E-state index contributed by atoms with van der Waals surface area (Å²) in [7, 11) is 0. The number of carbonyl (C=O) groups is 2. The summed E-state index contributed by atoms with van der Waals surface area (Å²) >= 11 is 6.09. The van der Waals surface area contributed by atoms with Crippen LogP contribution in [0.2, 0.25) is 5.02 Å². The highest BCUT2D eigenvalue weighted by Gasteiger charge is 2.24. The van der Waals surface area contributed by atoms with E-state index in [0.717, 1.165) is 18.4 Å². The molecule has 1 aliphatic rings. The summed E-state index contributed by atoms with van der Waals surface area (Å²) in [5.41, 5.74) is 1.02. The number of nitrogens with one attached hydrogen (secondary N) is 2. The SMILES string of the molecule is CCOC(=O)N1CCC(NC(=O)NCCc2ccccc2Cl)CC1. The normalized spacial score (nSPS) is 15.0. The molecule has 2 rings (SSSR count). The number of amides is 3. The van der Waals surface area contributed by atoms with Gasteiger partial charge in [0.2, 0.25) is 0 Å². The van der Waals surface area contributed by atoms with Crippen LogP contribution in [0.25, 0.3) is 0 Å². The van der Waals surface area contributed by atoms with Gasteiger partial charge in [-0.05, 0) is 37.8 Å². The van der Waals surface area contributed by atoms with Crippen LogP contribution in [-0.2, 0) is 11.2 Å². The average molecular weight is 354 g/mol. The number of hydrogen-bond donors (Lipinski definition) is 2. The first-order valence-corrected chi connectivity index (χ1v) is 8.67. The lowest BCUT2D eigenvalue weighted by molar-refractivity contribution is 0.0957. The van der Waals surface area contributed by atoms with E-state index in [9.17, 15) is 9.59 Å². The maximum atomic E-state index is 11.9. The fourth-order valence-corrected chi connectivity index (χ4v) is 2.90. The van der Waals surface area contributed by atoms with Crippen LogP contribution in [0.5, 0.6) is 0 Å². The van der Waals surface area contributed by atoms with Crippen molar-refractivity contribution in [2.75, 3.05) is 26.2 Å². The van der Waals surface area contributed by atoms with E-state index in [4.69, 9.17) is 16.3 Å². The minimum Gasteiger partial charge on any atom is -0.450 e. The zero-order chi connectivity index (χ0) is 17.4. The van der Waals surface area contributed by atoms with Gasteiger partial charge in [0.25, 0.3) is 0 Å². The van der Waals surface area contributed by atoms with Gasteiger partial charge < -0.3 is 20.3 Å². The monoisotopic (exact) mass is 353 g/mol. The van der Waals surface area contributed by atoms with Gasteiger partial charge in [-0.15, -0.1) is 0 Å². The van der Waals surface area contributed by atoms with E-state index in [1.807, 2.05) is 24.3 Å². The number of piperidine rings is 1. The molecule has 1 saturated heterocycles. The van der Waals surface area contributed by atoms with E-state index in [1.165, 1.54) is 0 Å². The Hall–Kier alpha value is -1.95. The second kappa shape index (κ2) is 9.37. The van der Waals surface area contributed by atoms with Crippen LogP contribution in [0, 0.1) is 0 Å². The number of rotatable bonds is 5. The lowest BCUT2D eigenvalue weighted by Crippen LogP contribution is -2.49. The number of nitrogens with zero attached hydrogens (tertiary/aromatic N) is 1. The third-order valence-corrected chi connectivity index (χ3v) is 4.36. The average Bonchev–Trinajstić information content (AvgIpc) is 2.57. The fourth-order valence-electron chi connectivity index (χ4n) is 2.67. The molecular formula is C17H24ClN3O3. The molecule has 6 nitrogen and oxygen atoms in total. The van der Waals surface area contributed by atoms with Crippen molar-refractivity contribution in [1.82, 2.24) is 15.5 Å².